The minimum atomic E-state index is -0.251. The largest absolute Gasteiger partial charge is 0.472 e. The topological polar surface area (TPSA) is 81.0 Å². The highest BCUT2D eigenvalue weighted by atomic mass is 16.6. The summed E-state index contributed by atoms with van der Waals surface area (Å²) >= 11 is 0. The Morgan fingerprint density at radius 2 is 2.36 bits per heavy atom. The number of carbonyl (C=O) groups excluding carboxylic acids is 2. The highest BCUT2D eigenvalue weighted by molar-refractivity contribution is 5.94. The lowest BCUT2D eigenvalue weighted by Gasteiger charge is -2.24. The van der Waals surface area contributed by atoms with Crippen LogP contribution >= 0.6 is 0 Å². The van der Waals surface area contributed by atoms with Gasteiger partial charge in [-0.15, -0.1) is 0 Å². The Balaban J connectivity index is 1.91. The first kappa shape index (κ1) is 16.5. The zero-order valence-electron chi connectivity index (χ0n) is 12.7. The molecule has 2 rings (SSSR count). The summed E-state index contributed by atoms with van der Waals surface area (Å²) in [6.45, 7) is 3.70. The summed E-state index contributed by atoms with van der Waals surface area (Å²) in [5, 5.41) is 0. The molecule has 0 radical (unpaired) electrons. The van der Waals surface area contributed by atoms with Crippen LogP contribution in [0.3, 0.4) is 0 Å². The van der Waals surface area contributed by atoms with Crippen LogP contribution < -0.4 is 5.48 Å². The van der Waals surface area contributed by atoms with E-state index in [1.165, 1.54) is 12.5 Å². The maximum atomic E-state index is 12.5. The van der Waals surface area contributed by atoms with E-state index in [2.05, 4.69) is 5.48 Å². The molecule has 2 amide bonds. The molecule has 22 heavy (non-hydrogen) atoms. The van der Waals surface area contributed by atoms with Crippen molar-refractivity contribution >= 4 is 11.8 Å². The van der Waals surface area contributed by atoms with Crippen LogP contribution in [0.25, 0.3) is 0 Å². The molecule has 1 atom stereocenters. The Morgan fingerprint density at radius 3 is 3.00 bits per heavy atom. The minimum absolute atomic E-state index is 0.0332. The quantitative estimate of drug-likeness (QED) is 0.733. The minimum Gasteiger partial charge on any atom is -0.472 e. The second kappa shape index (κ2) is 8.55. The third-order valence-corrected chi connectivity index (χ3v) is 3.44. The molecule has 1 aliphatic rings. The SMILES string of the molecule is CCONC(=O)CCN(CC1CCCO1)C(=O)c1ccoc1. The van der Waals surface area contributed by atoms with Crippen LogP contribution in [0, 0.1) is 0 Å². The van der Waals surface area contributed by atoms with Gasteiger partial charge in [0, 0.05) is 26.1 Å². The van der Waals surface area contributed by atoms with Gasteiger partial charge in [-0.25, -0.2) is 5.48 Å². The van der Waals surface area contributed by atoms with Crippen molar-refractivity contribution in [1.82, 2.24) is 10.4 Å². The molecular weight excluding hydrogens is 288 g/mol. The van der Waals surface area contributed by atoms with Gasteiger partial charge in [0.25, 0.3) is 5.91 Å². The number of hydroxylamine groups is 1. The molecule has 122 valence electrons. The molecule has 7 heteroatoms. The van der Waals surface area contributed by atoms with Crippen LogP contribution in [0.1, 0.15) is 36.5 Å². The Bertz CT molecular complexity index is 468. The summed E-state index contributed by atoms with van der Waals surface area (Å²) in [7, 11) is 0. The molecule has 1 unspecified atom stereocenters. The van der Waals surface area contributed by atoms with Crippen molar-refractivity contribution in [2.45, 2.75) is 32.3 Å². The number of hydrogen-bond donors (Lipinski definition) is 1. The van der Waals surface area contributed by atoms with Gasteiger partial charge >= 0.3 is 0 Å². The number of hydrogen-bond acceptors (Lipinski definition) is 5. The van der Waals surface area contributed by atoms with Crippen LogP contribution in [0.15, 0.2) is 23.0 Å². The van der Waals surface area contributed by atoms with E-state index in [9.17, 15) is 9.59 Å². The molecule has 1 N–H and O–H groups in total. The Kier molecular flexibility index (Phi) is 6.42. The van der Waals surface area contributed by atoms with E-state index in [-0.39, 0.29) is 24.3 Å². The Morgan fingerprint density at radius 1 is 1.50 bits per heavy atom. The first-order chi connectivity index (χ1) is 10.7. The molecule has 0 saturated carbocycles. The highest BCUT2D eigenvalue weighted by Crippen LogP contribution is 2.15. The summed E-state index contributed by atoms with van der Waals surface area (Å²) in [5.74, 6) is -0.410. The number of nitrogens with zero attached hydrogens (tertiary/aromatic N) is 1. The Labute approximate surface area is 129 Å². The lowest BCUT2D eigenvalue weighted by molar-refractivity contribution is -0.133. The molecule has 0 aliphatic carbocycles. The maximum Gasteiger partial charge on any atom is 0.257 e. The van der Waals surface area contributed by atoms with Gasteiger partial charge in [-0.2, -0.15) is 0 Å². The number of furan rings is 1. The third-order valence-electron chi connectivity index (χ3n) is 3.44. The molecule has 0 spiro atoms. The van der Waals surface area contributed by atoms with Crippen molar-refractivity contribution in [3.8, 4) is 0 Å². The first-order valence-corrected chi connectivity index (χ1v) is 7.54. The third kappa shape index (κ3) is 4.85. The van der Waals surface area contributed by atoms with E-state index in [1.54, 1.807) is 17.9 Å². The monoisotopic (exact) mass is 310 g/mol. The average molecular weight is 310 g/mol. The number of ether oxygens (including phenoxy) is 1. The van der Waals surface area contributed by atoms with Crippen molar-refractivity contribution in [3.63, 3.8) is 0 Å². The highest BCUT2D eigenvalue weighted by Gasteiger charge is 2.24. The molecule has 1 fully saturated rings. The van der Waals surface area contributed by atoms with Crippen molar-refractivity contribution in [3.05, 3.63) is 24.2 Å². The second-order valence-corrected chi connectivity index (χ2v) is 5.11. The van der Waals surface area contributed by atoms with Gasteiger partial charge in [-0.1, -0.05) is 0 Å². The van der Waals surface area contributed by atoms with Gasteiger partial charge in [0.05, 0.1) is 24.5 Å². The van der Waals surface area contributed by atoms with Gasteiger partial charge in [0.15, 0.2) is 0 Å². The van der Waals surface area contributed by atoms with Gasteiger partial charge in [0.2, 0.25) is 5.91 Å². The molecule has 1 aromatic rings. The number of carbonyl (C=O) groups is 2. The first-order valence-electron chi connectivity index (χ1n) is 7.54. The fourth-order valence-electron chi connectivity index (χ4n) is 2.32. The van der Waals surface area contributed by atoms with E-state index >= 15 is 0 Å². The summed E-state index contributed by atoms with van der Waals surface area (Å²) < 4.78 is 10.5. The standard InChI is InChI=1S/C15H22N2O5/c1-2-22-16-14(18)5-7-17(10-13-4-3-8-21-13)15(19)12-6-9-20-11-12/h6,9,11,13H,2-5,7-8,10H2,1H3,(H,16,18). The van der Waals surface area contributed by atoms with Crippen LogP contribution in [0.4, 0.5) is 0 Å². The summed E-state index contributed by atoms with van der Waals surface area (Å²) in [4.78, 5) is 30.6. The fourth-order valence-corrected chi connectivity index (χ4v) is 2.32. The summed E-state index contributed by atoms with van der Waals surface area (Å²) in [6, 6.07) is 1.62. The molecule has 1 aromatic heterocycles. The van der Waals surface area contributed by atoms with Crippen molar-refractivity contribution in [2.24, 2.45) is 0 Å². The van der Waals surface area contributed by atoms with Crippen LogP contribution in [-0.2, 0) is 14.4 Å². The van der Waals surface area contributed by atoms with E-state index in [1.807, 2.05) is 0 Å². The van der Waals surface area contributed by atoms with Crippen LogP contribution in [0.5, 0.6) is 0 Å². The fraction of sp³-hybridized carbons (Fsp3) is 0.600. The van der Waals surface area contributed by atoms with E-state index in [0.717, 1.165) is 19.4 Å². The lowest BCUT2D eigenvalue weighted by Crippen LogP contribution is -2.39. The molecule has 2 heterocycles. The normalized spacial score (nSPS) is 17.4. The number of rotatable bonds is 8. The van der Waals surface area contributed by atoms with Gasteiger partial charge in [-0.05, 0) is 25.8 Å². The van der Waals surface area contributed by atoms with Crippen molar-refractivity contribution in [2.75, 3.05) is 26.3 Å². The Hall–Kier alpha value is -1.86. The predicted molar refractivity (Wildman–Crippen MR) is 78.0 cm³/mol. The summed E-state index contributed by atoms with van der Waals surface area (Å²) in [5.41, 5.74) is 2.80. The molecule has 7 nitrogen and oxygen atoms in total. The number of amides is 2. The second-order valence-electron chi connectivity index (χ2n) is 5.11. The average Bonchev–Trinajstić information content (AvgIpc) is 3.21. The zero-order chi connectivity index (χ0) is 15.8. The van der Waals surface area contributed by atoms with Gasteiger partial charge < -0.3 is 14.1 Å². The van der Waals surface area contributed by atoms with E-state index < -0.39 is 0 Å². The van der Waals surface area contributed by atoms with Crippen molar-refractivity contribution in [1.29, 1.82) is 0 Å². The van der Waals surface area contributed by atoms with Crippen LogP contribution in [-0.4, -0.2) is 49.1 Å². The molecule has 0 aromatic carbocycles. The van der Waals surface area contributed by atoms with Crippen molar-refractivity contribution < 1.29 is 23.6 Å². The molecule has 1 saturated heterocycles. The smallest absolute Gasteiger partial charge is 0.257 e. The predicted octanol–water partition coefficient (Wildman–Crippen LogP) is 1.36. The van der Waals surface area contributed by atoms with Gasteiger partial charge in [-0.3, -0.25) is 14.4 Å². The number of nitrogens with one attached hydrogen (secondary N) is 1. The maximum absolute atomic E-state index is 12.5. The molecule has 1 aliphatic heterocycles. The zero-order valence-corrected chi connectivity index (χ0v) is 12.7. The molecular formula is C15H22N2O5. The van der Waals surface area contributed by atoms with E-state index in [0.29, 0.717) is 25.3 Å². The molecule has 0 bridgehead atoms. The summed E-state index contributed by atoms with van der Waals surface area (Å²) in [6.07, 6.45) is 5.01. The van der Waals surface area contributed by atoms with E-state index in [4.69, 9.17) is 14.0 Å². The van der Waals surface area contributed by atoms with Crippen LogP contribution in [0.2, 0.25) is 0 Å². The van der Waals surface area contributed by atoms with Gasteiger partial charge in [0.1, 0.15) is 6.26 Å². The lowest BCUT2D eigenvalue weighted by atomic mass is 10.2.